The maximum atomic E-state index is 12.7. The smallest absolute Gasteiger partial charge is 0.225 e. The van der Waals surface area contributed by atoms with Gasteiger partial charge in [-0.25, -0.2) is 0 Å². The van der Waals surface area contributed by atoms with Crippen molar-refractivity contribution in [2.75, 3.05) is 26.2 Å². The molecule has 7 heteroatoms. The van der Waals surface area contributed by atoms with Crippen LogP contribution in [0.4, 0.5) is 0 Å². The van der Waals surface area contributed by atoms with Gasteiger partial charge in [0, 0.05) is 62.9 Å². The van der Waals surface area contributed by atoms with Crippen molar-refractivity contribution in [1.82, 2.24) is 19.6 Å². The minimum atomic E-state index is -0.730. The molecule has 0 radical (unpaired) electrons. The summed E-state index contributed by atoms with van der Waals surface area (Å²) in [5.74, 6) is 0.504. The molecule has 1 aliphatic carbocycles. The van der Waals surface area contributed by atoms with E-state index in [2.05, 4.69) is 5.10 Å². The van der Waals surface area contributed by atoms with Crippen LogP contribution in [-0.2, 0) is 16.1 Å². The second-order valence-electron chi connectivity index (χ2n) is 8.50. The second-order valence-corrected chi connectivity index (χ2v) is 8.50. The summed E-state index contributed by atoms with van der Waals surface area (Å²) in [6.07, 6.45) is 6.55. The molecular weight excluding hydrogens is 344 g/mol. The Labute approximate surface area is 160 Å². The molecule has 1 saturated carbocycles. The third kappa shape index (κ3) is 3.61. The zero-order valence-electron chi connectivity index (χ0n) is 16.1. The number of aliphatic hydroxyl groups is 1. The molecule has 3 aliphatic rings. The van der Waals surface area contributed by atoms with Crippen molar-refractivity contribution in [3.8, 4) is 0 Å². The van der Waals surface area contributed by atoms with Crippen LogP contribution in [0.15, 0.2) is 12.3 Å². The molecule has 0 unspecified atom stereocenters. The van der Waals surface area contributed by atoms with Gasteiger partial charge >= 0.3 is 0 Å². The summed E-state index contributed by atoms with van der Waals surface area (Å²) in [6, 6.07) is 1.93. The molecule has 1 N–H and O–H groups in total. The van der Waals surface area contributed by atoms with Gasteiger partial charge in [0.15, 0.2) is 0 Å². The number of amides is 2. The summed E-state index contributed by atoms with van der Waals surface area (Å²) >= 11 is 0. The molecule has 2 aliphatic heterocycles. The quantitative estimate of drug-likeness (QED) is 0.859. The van der Waals surface area contributed by atoms with Gasteiger partial charge in [0.2, 0.25) is 11.8 Å². The van der Waals surface area contributed by atoms with Crippen molar-refractivity contribution >= 4 is 11.8 Å². The van der Waals surface area contributed by atoms with Gasteiger partial charge in [-0.3, -0.25) is 14.3 Å². The largest absolute Gasteiger partial charge is 0.389 e. The van der Waals surface area contributed by atoms with Crippen molar-refractivity contribution in [1.29, 1.82) is 0 Å². The van der Waals surface area contributed by atoms with Crippen molar-refractivity contribution in [2.45, 2.75) is 57.6 Å². The van der Waals surface area contributed by atoms with Crippen LogP contribution in [0, 0.1) is 18.8 Å². The molecule has 7 nitrogen and oxygen atoms in total. The Morgan fingerprint density at radius 1 is 1.22 bits per heavy atom. The van der Waals surface area contributed by atoms with E-state index in [1.807, 2.05) is 27.5 Å². The fraction of sp³-hybridized carbons (Fsp3) is 0.750. The number of carbonyl (C=O) groups is 2. The van der Waals surface area contributed by atoms with Crippen molar-refractivity contribution in [3.63, 3.8) is 0 Å². The SMILES string of the molecule is Cc1ccnn1CCC(=O)N1CC[C@@]2(O)CCN(C(=O)C3CCC3)C[C@H]2C1. The van der Waals surface area contributed by atoms with E-state index in [9.17, 15) is 14.7 Å². The first-order chi connectivity index (χ1) is 13.0. The Morgan fingerprint density at radius 2 is 1.93 bits per heavy atom. The van der Waals surface area contributed by atoms with Gasteiger partial charge < -0.3 is 14.9 Å². The highest BCUT2D eigenvalue weighted by atomic mass is 16.3. The Bertz CT molecular complexity index is 714. The summed E-state index contributed by atoms with van der Waals surface area (Å²) in [7, 11) is 0. The number of nitrogens with zero attached hydrogens (tertiary/aromatic N) is 4. The predicted octanol–water partition coefficient (Wildman–Crippen LogP) is 1.19. The zero-order chi connectivity index (χ0) is 19.0. The summed E-state index contributed by atoms with van der Waals surface area (Å²) in [5.41, 5.74) is 0.319. The molecule has 1 aromatic heterocycles. The zero-order valence-corrected chi connectivity index (χ0v) is 16.1. The average Bonchev–Trinajstić information content (AvgIpc) is 3.02. The highest BCUT2D eigenvalue weighted by molar-refractivity contribution is 5.80. The van der Waals surface area contributed by atoms with E-state index in [1.165, 1.54) is 0 Å². The summed E-state index contributed by atoms with van der Waals surface area (Å²) in [5, 5.41) is 15.3. The molecule has 2 amide bonds. The lowest BCUT2D eigenvalue weighted by molar-refractivity contribution is -0.157. The van der Waals surface area contributed by atoms with E-state index in [-0.39, 0.29) is 23.7 Å². The predicted molar refractivity (Wildman–Crippen MR) is 99.8 cm³/mol. The average molecular weight is 374 g/mol. The van der Waals surface area contributed by atoms with Gasteiger partial charge in [0.05, 0.1) is 5.60 Å². The highest BCUT2D eigenvalue weighted by Crippen LogP contribution is 2.37. The molecule has 148 valence electrons. The summed E-state index contributed by atoms with van der Waals surface area (Å²) in [6.45, 7) is 4.93. The lowest BCUT2D eigenvalue weighted by atomic mass is 9.74. The number of aryl methyl sites for hydroxylation is 2. The molecule has 3 heterocycles. The van der Waals surface area contributed by atoms with E-state index in [0.29, 0.717) is 52.0 Å². The van der Waals surface area contributed by atoms with E-state index in [4.69, 9.17) is 0 Å². The monoisotopic (exact) mass is 374 g/mol. The number of rotatable bonds is 4. The molecule has 27 heavy (non-hydrogen) atoms. The number of hydrogen-bond acceptors (Lipinski definition) is 4. The van der Waals surface area contributed by atoms with E-state index in [1.54, 1.807) is 6.20 Å². The fourth-order valence-corrected chi connectivity index (χ4v) is 4.64. The first kappa shape index (κ1) is 18.5. The van der Waals surface area contributed by atoms with Gasteiger partial charge in [0.25, 0.3) is 0 Å². The van der Waals surface area contributed by atoms with Crippen LogP contribution >= 0.6 is 0 Å². The van der Waals surface area contributed by atoms with Gasteiger partial charge in [-0.05, 0) is 38.7 Å². The first-order valence-electron chi connectivity index (χ1n) is 10.2. The van der Waals surface area contributed by atoms with Crippen LogP contribution in [0.2, 0.25) is 0 Å². The Hall–Kier alpha value is -1.89. The van der Waals surface area contributed by atoms with E-state index >= 15 is 0 Å². The standard InChI is InChI=1S/C20H30N4O3/c1-15-5-9-21-24(15)10-6-18(25)22-11-7-20(27)8-12-23(14-17(20)13-22)19(26)16-3-2-4-16/h5,9,16-17,27H,2-4,6-8,10-14H2,1H3/t17-,20-/m1/s1. The number of piperidine rings is 2. The van der Waals surface area contributed by atoms with Crippen LogP contribution in [0.1, 0.15) is 44.2 Å². The van der Waals surface area contributed by atoms with Gasteiger partial charge in [-0.15, -0.1) is 0 Å². The van der Waals surface area contributed by atoms with Gasteiger partial charge in [-0.1, -0.05) is 6.42 Å². The normalized spacial score (nSPS) is 28.6. The minimum absolute atomic E-state index is 0.0422. The van der Waals surface area contributed by atoms with Crippen molar-refractivity contribution in [3.05, 3.63) is 18.0 Å². The van der Waals surface area contributed by atoms with Crippen molar-refractivity contribution < 1.29 is 14.7 Å². The summed E-state index contributed by atoms with van der Waals surface area (Å²) in [4.78, 5) is 29.1. The topological polar surface area (TPSA) is 78.7 Å². The van der Waals surface area contributed by atoms with Gasteiger partial charge in [-0.2, -0.15) is 5.10 Å². The molecule has 3 fully saturated rings. The lowest BCUT2D eigenvalue weighted by Crippen LogP contribution is -2.62. The van der Waals surface area contributed by atoms with Crippen LogP contribution in [0.25, 0.3) is 0 Å². The molecule has 2 atom stereocenters. The third-order valence-electron chi connectivity index (χ3n) is 6.86. The van der Waals surface area contributed by atoms with Crippen LogP contribution in [0.3, 0.4) is 0 Å². The number of hydrogen-bond donors (Lipinski definition) is 1. The molecule has 0 bridgehead atoms. The minimum Gasteiger partial charge on any atom is -0.389 e. The molecule has 0 spiro atoms. The van der Waals surface area contributed by atoms with Crippen LogP contribution in [-0.4, -0.2) is 68.3 Å². The fourth-order valence-electron chi connectivity index (χ4n) is 4.64. The molecule has 0 aromatic carbocycles. The number of likely N-dealkylation sites (tertiary alicyclic amines) is 2. The molecule has 2 saturated heterocycles. The molecule has 1 aromatic rings. The van der Waals surface area contributed by atoms with Gasteiger partial charge in [0.1, 0.15) is 0 Å². The molecular formula is C20H30N4O3. The number of fused-ring (bicyclic) bond motifs is 1. The van der Waals surface area contributed by atoms with Crippen LogP contribution in [0.5, 0.6) is 0 Å². The first-order valence-corrected chi connectivity index (χ1v) is 10.2. The van der Waals surface area contributed by atoms with E-state index in [0.717, 1.165) is 25.0 Å². The number of aromatic nitrogens is 2. The number of carbonyl (C=O) groups excluding carboxylic acids is 2. The van der Waals surface area contributed by atoms with E-state index < -0.39 is 5.60 Å². The Morgan fingerprint density at radius 3 is 2.56 bits per heavy atom. The molecule has 4 rings (SSSR count). The maximum Gasteiger partial charge on any atom is 0.225 e. The highest BCUT2D eigenvalue weighted by Gasteiger charge is 2.47. The second kappa shape index (κ2) is 7.26. The lowest BCUT2D eigenvalue weighted by Gasteiger charge is -2.51. The Balaban J connectivity index is 1.35. The van der Waals surface area contributed by atoms with Crippen LogP contribution < -0.4 is 0 Å². The summed E-state index contributed by atoms with van der Waals surface area (Å²) < 4.78 is 1.85. The van der Waals surface area contributed by atoms with Crippen molar-refractivity contribution in [2.24, 2.45) is 11.8 Å². The third-order valence-corrected chi connectivity index (χ3v) is 6.86. The Kier molecular flexibility index (Phi) is 4.97. The maximum absolute atomic E-state index is 12.7.